The first-order valence-electron chi connectivity index (χ1n) is 4.32. The van der Waals surface area contributed by atoms with Gasteiger partial charge in [-0.2, -0.15) is 5.26 Å². The zero-order valence-electron chi connectivity index (χ0n) is 8.09. The molecule has 0 fully saturated rings. The number of nitrogens with zero attached hydrogens (tertiary/aromatic N) is 1. The lowest BCUT2D eigenvalue weighted by Crippen LogP contribution is -1.86. The topological polar surface area (TPSA) is 48.8 Å². The summed E-state index contributed by atoms with van der Waals surface area (Å²) in [5.41, 5.74) is 2.61. The third-order valence-corrected chi connectivity index (χ3v) is 2.36. The summed E-state index contributed by atoms with van der Waals surface area (Å²) < 4.78 is 5.20. The Morgan fingerprint density at radius 3 is 2.86 bits per heavy atom. The van der Waals surface area contributed by atoms with Gasteiger partial charge in [-0.1, -0.05) is 0 Å². The Kier molecular flexibility index (Phi) is 1.90. The second-order valence-corrected chi connectivity index (χ2v) is 3.15. The van der Waals surface area contributed by atoms with E-state index < -0.39 is 0 Å². The monoisotopic (exact) mass is 186 g/mol. The predicted octanol–water partition coefficient (Wildman–Crippen LogP) is 2.36. The van der Waals surface area contributed by atoms with Crippen LogP contribution < -0.4 is 4.74 Å². The molecule has 0 atom stereocenters. The zero-order valence-corrected chi connectivity index (χ0v) is 8.09. The lowest BCUT2D eigenvalue weighted by molar-refractivity contribution is 0.412. The fraction of sp³-hybridized carbons (Fsp3) is 0.182. The van der Waals surface area contributed by atoms with Crippen LogP contribution in [0.4, 0.5) is 0 Å². The van der Waals surface area contributed by atoms with Gasteiger partial charge in [-0.3, -0.25) is 0 Å². The molecule has 0 bridgehead atoms. The van der Waals surface area contributed by atoms with Crippen molar-refractivity contribution in [2.75, 3.05) is 7.11 Å². The van der Waals surface area contributed by atoms with Crippen molar-refractivity contribution in [1.29, 1.82) is 5.26 Å². The molecule has 0 aliphatic rings. The molecule has 2 aromatic rings. The molecule has 3 nitrogen and oxygen atoms in total. The van der Waals surface area contributed by atoms with Gasteiger partial charge in [-0.25, -0.2) is 0 Å². The molecule has 0 saturated carbocycles. The van der Waals surface area contributed by atoms with E-state index in [9.17, 15) is 0 Å². The third-order valence-electron chi connectivity index (χ3n) is 2.36. The zero-order chi connectivity index (χ0) is 10.1. The highest BCUT2D eigenvalue weighted by molar-refractivity contribution is 5.86. The largest absolute Gasteiger partial charge is 0.496 e. The minimum atomic E-state index is 0.580. The van der Waals surface area contributed by atoms with Crippen LogP contribution in [0.25, 0.3) is 10.9 Å². The van der Waals surface area contributed by atoms with Crippen molar-refractivity contribution < 1.29 is 4.74 Å². The smallest absolute Gasteiger partial charge is 0.122 e. The summed E-state index contributed by atoms with van der Waals surface area (Å²) >= 11 is 0. The highest BCUT2D eigenvalue weighted by Gasteiger charge is 2.06. The predicted molar refractivity (Wildman–Crippen MR) is 54.3 cm³/mol. The number of nitriles is 1. The van der Waals surface area contributed by atoms with Crippen molar-refractivity contribution in [1.82, 2.24) is 4.98 Å². The van der Waals surface area contributed by atoms with Crippen LogP contribution in [0.3, 0.4) is 0 Å². The fourth-order valence-corrected chi connectivity index (χ4v) is 1.61. The van der Waals surface area contributed by atoms with Gasteiger partial charge in [0.25, 0.3) is 0 Å². The van der Waals surface area contributed by atoms with Crippen LogP contribution in [-0.2, 0) is 0 Å². The Bertz CT molecular complexity index is 520. The van der Waals surface area contributed by atoms with Gasteiger partial charge in [0, 0.05) is 16.5 Å². The van der Waals surface area contributed by atoms with Crippen LogP contribution in [0.5, 0.6) is 5.75 Å². The molecule has 0 saturated heterocycles. The molecule has 0 unspecified atom stereocenters. The molecule has 0 spiro atoms. The molecular formula is C11H10N2O. The van der Waals surface area contributed by atoms with Gasteiger partial charge in [0.05, 0.1) is 7.11 Å². The van der Waals surface area contributed by atoms with Gasteiger partial charge in [0.15, 0.2) is 0 Å². The Morgan fingerprint density at radius 1 is 1.43 bits per heavy atom. The summed E-state index contributed by atoms with van der Waals surface area (Å²) in [7, 11) is 1.64. The number of aryl methyl sites for hydroxylation is 1. The van der Waals surface area contributed by atoms with Crippen LogP contribution in [-0.4, -0.2) is 12.1 Å². The Hall–Kier alpha value is -1.95. The minimum absolute atomic E-state index is 0.580. The molecule has 3 heteroatoms. The number of hydrogen-bond acceptors (Lipinski definition) is 2. The molecule has 0 aliphatic heterocycles. The number of nitrogens with one attached hydrogen (secondary N) is 1. The summed E-state index contributed by atoms with van der Waals surface area (Å²) in [6.07, 6.45) is 0. The van der Waals surface area contributed by atoms with E-state index in [4.69, 9.17) is 10.00 Å². The number of rotatable bonds is 1. The quantitative estimate of drug-likeness (QED) is 0.743. The van der Waals surface area contributed by atoms with E-state index in [1.807, 2.05) is 25.1 Å². The Balaban J connectivity index is 2.76. The third kappa shape index (κ3) is 1.12. The molecule has 14 heavy (non-hydrogen) atoms. The average Bonchev–Trinajstić information content (AvgIpc) is 2.62. The van der Waals surface area contributed by atoms with Gasteiger partial charge in [0.2, 0.25) is 0 Å². The van der Waals surface area contributed by atoms with E-state index in [1.165, 1.54) is 0 Å². The molecule has 1 heterocycles. The highest BCUT2D eigenvalue weighted by Crippen LogP contribution is 2.27. The molecule has 1 aromatic heterocycles. The van der Waals surface area contributed by atoms with Gasteiger partial charge < -0.3 is 9.72 Å². The molecular weight excluding hydrogens is 176 g/mol. The number of aromatic amines is 1. The van der Waals surface area contributed by atoms with Gasteiger partial charge in [-0.05, 0) is 25.1 Å². The van der Waals surface area contributed by atoms with E-state index in [0.717, 1.165) is 22.2 Å². The second kappa shape index (κ2) is 3.08. The van der Waals surface area contributed by atoms with E-state index in [2.05, 4.69) is 11.1 Å². The molecule has 1 N–H and O–H groups in total. The van der Waals surface area contributed by atoms with Gasteiger partial charge in [-0.15, -0.1) is 0 Å². The number of methoxy groups -OCH3 is 1. The maximum absolute atomic E-state index is 8.74. The number of benzene rings is 1. The summed E-state index contributed by atoms with van der Waals surface area (Å²) in [5, 5.41) is 9.79. The first-order valence-corrected chi connectivity index (χ1v) is 4.32. The Morgan fingerprint density at radius 2 is 2.21 bits per heavy atom. The first-order chi connectivity index (χ1) is 6.76. The van der Waals surface area contributed by atoms with E-state index in [0.29, 0.717) is 5.69 Å². The number of ether oxygens (including phenoxy) is 1. The summed E-state index contributed by atoms with van der Waals surface area (Å²) in [4.78, 5) is 3.02. The van der Waals surface area contributed by atoms with Crippen molar-refractivity contribution in [3.8, 4) is 11.8 Å². The van der Waals surface area contributed by atoms with E-state index >= 15 is 0 Å². The van der Waals surface area contributed by atoms with Crippen LogP contribution in [0.1, 0.15) is 11.3 Å². The van der Waals surface area contributed by atoms with Crippen LogP contribution in [0.15, 0.2) is 18.2 Å². The number of aromatic nitrogens is 1. The summed E-state index contributed by atoms with van der Waals surface area (Å²) in [5.74, 6) is 0.848. The van der Waals surface area contributed by atoms with Crippen molar-refractivity contribution in [2.24, 2.45) is 0 Å². The molecule has 1 aromatic carbocycles. The number of H-pyrrole nitrogens is 1. The highest BCUT2D eigenvalue weighted by atomic mass is 16.5. The molecule has 2 rings (SSSR count). The summed E-state index contributed by atoms with van der Waals surface area (Å²) in [6.45, 7) is 1.98. The fourth-order valence-electron chi connectivity index (χ4n) is 1.61. The minimum Gasteiger partial charge on any atom is -0.496 e. The second-order valence-electron chi connectivity index (χ2n) is 3.15. The average molecular weight is 186 g/mol. The first kappa shape index (κ1) is 8.64. The SMILES string of the molecule is COc1ccc2[nH]c(C#N)cc2c1C. The standard InChI is InChI=1S/C11H10N2O/c1-7-9-5-8(6-12)13-10(9)3-4-11(7)14-2/h3-5,13H,1-2H3. The normalized spacial score (nSPS) is 10.1. The maximum atomic E-state index is 8.74. The number of hydrogen-bond donors (Lipinski definition) is 1. The van der Waals surface area contributed by atoms with Crippen molar-refractivity contribution in [3.63, 3.8) is 0 Å². The van der Waals surface area contributed by atoms with Crippen molar-refractivity contribution in [2.45, 2.75) is 6.92 Å². The van der Waals surface area contributed by atoms with Crippen LogP contribution >= 0.6 is 0 Å². The van der Waals surface area contributed by atoms with Gasteiger partial charge in [0.1, 0.15) is 17.5 Å². The summed E-state index contributed by atoms with van der Waals surface area (Å²) in [6, 6.07) is 7.74. The van der Waals surface area contributed by atoms with Crippen LogP contribution in [0, 0.1) is 18.3 Å². The molecule has 0 radical (unpaired) electrons. The van der Waals surface area contributed by atoms with Gasteiger partial charge >= 0.3 is 0 Å². The van der Waals surface area contributed by atoms with Crippen molar-refractivity contribution >= 4 is 10.9 Å². The lowest BCUT2D eigenvalue weighted by atomic mass is 10.1. The maximum Gasteiger partial charge on any atom is 0.122 e. The molecule has 0 aliphatic carbocycles. The van der Waals surface area contributed by atoms with Crippen molar-refractivity contribution in [3.05, 3.63) is 29.5 Å². The number of fused-ring (bicyclic) bond motifs is 1. The lowest BCUT2D eigenvalue weighted by Gasteiger charge is -2.04. The van der Waals surface area contributed by atoms with E-state index in [-0.39, 0.29) is 0 Å². The Labute approximate surface area is 81.9 Å². The van der Waals surface area contributed by atoms with Crippen LogP contribution in [0.2, 0.25) is 0 Å². The molecule has 70 valence electrons. The molecule has 0 amide bonds. The van der Waals surface area contributed by atoms with E-state index in [1.54, 1.807) is 7.11 Å².